The van der Waals surface area contributed by atoms with E-state index < -0.39 is 19.1 Å². The van der Waals surface area contributed by atoms with Crippen LogP contribution in [0, 0.1) is 11.8 Å². The Kier molecular flexibility index (Phi) is 7.29. The Labute approximate surface area is 214 Å². The number of fused-ring (bicyclic) bond motifs is 1. The molecular weight excluding hydrogens is 472 g/mol. The molecule has 3 aliphatic rings. The molecule has 1 fully saturated rings. The van der Waals surface area contributed by atoms with Crippen LogP contribution in [0.1, 0.15) is 53.2 Å². The van der Waals surface area contributed by atoms with Crippen molar-refractivity contribution in [3.8, 4) is 0 Å². The number of hydrogen-bond donors (Lipinski definition) is 3. The lowest BCUT2D eigenvalue weighted by molar-refractivity contribution is -0.139. The molecular formula is C27H32N6O4. The normalized spacial score (nSPS) is 22.1. The molecule has 2 unspecified atom stereocenters. The van der Waals surface area contributed by atoms with Gasteiger partial charge < -0.3 is 20.8 Å². The van der Waals surface area contributed by atoms with Crippen LogP contribution < -0.4 is 5.73 Å². The molecule has 0 bridgehead atoms. The number of aliphatic hydroxyl groups excluding tert-OH is 2. The maximum absolute atomic E-state index is 12.5. The summed E-state index contributed by atoms with van der Waals surface area (Å²) in [5.41, 5.74) is 9.64. The average Bonchev–Trinajstić information content (AvgIpc) is 3.38. The molecule has 0 radical (unpaired) electrons. The largest absolute Gasteiger partial charge is 0.395 e. The number of rotatable bonds is 7. The number of aliphatic imine (C=N–C) groups is 1. The van der Waals surface area contributed by atoms with Crippen LogP contribution in [0.2, 0.25) is 0 Å². The Balaban J connectivity index is 1.39. The van der Waals surface area contributed by atoms with Crippen molar-refractivity contribution in [2.24, 2.45) is 16.8 Å². The molecule has 37 heavy (non-hydrogen) atoms. The van der Waals surface area contributed by atoms with Gasteiger partial charge in [-0.2, -0.15) is 9.61 Å². The number of aliphatic hydroxyl groups is 2. The van der Waals surface area contributed by atoms with Gasteiger partial charge in [-0.1, -0.05) is 30.4 Å². The summed E-state index contributed by atoms with van der Waals surface area (Å²) in [6.07, 6.45) is 18.0. The number of allylic oxidation sites excluding steroid dienone is 4. The quantitative estimate of drug-likeness (QED) is 0.487. The van der Waals surface area contributed by atoms with Gasteiger partial charge in [-0.25, -0.2) is 4.98 Å². The highest BCUT2D eigenvalue weighted by molar-refractivity contribution is 6.12. The molecule has 5 rings (SSSR count). The predicted octanol–water partition coefficient (Wildman–Crippen LogP) is 1.79. The smallest absolute Gasteiger partial charge is 0.230 e. The number of nitrogens with zero attached hydrogens (tertiary/aromatic N) is 5. The van der Waals surface area contributed by atoms with E-state index >= 15 is 0 Å². The summed E-state index contributed by atoms with van der Waals surface area (Å²) in [4.78, 5) is 35.9. The molecule has 1 saturated heterocycles. The fraction of sp³-hybridized carbons (Fsp3) is 0.444. The van der Waals surface area contributed by atoms with E-state index in [2.05, 4.69) is 35.5 Å². The molecule has 1 amide bonds. The van der Waals surface area contributed by atoms with Gasteiger partial charge in [-0.3, -0.25) is 14.6 Å². The molecule has 0 aromatic carbocycles. The van der Waals surface area contributed by atoms with Crippen molar-refractivity contribution in [3.05, 3.63) is 53.4 Å². The molecule has 1 aliphatic carbocycles. The number of nitrogen functional groups attached to an aromatic ring is 1. The number of dihydropyridines is 1. The highest BCUT2D eigenvalue weighted by atomic mass is 16.3. The first kappa shape index (κ1) is 25.0. The fourth-order valence-electron chi connectivity index (χ4n) is 5.41. The third kappa shape index (κ3) is 4.74. The zero-order valence-electron chi connectivity index (χ0n) is 20.6. The molecule has 10 nitrogen and oxygen atoms in total. The zero-order valence-corrected chi connectivity index (χ0v) is 20.6. The van der Waals surface area contributed by atoms with Crippen molar-refractivity contribution in [2.45, 2.75) is 37.6 Å². The molecule has 194 valence electrons. The molecule has 0 spiro atoms. The Morgan fingerprint density at radius 2 is 1.97 bits per heavy atom. The molecule has 2 aromatic rings. The summed E-state index contributed by atoms with van der Waals surface area (Å²) in [6, 6.07) is 0.200. The highest BCUT2D eigenvalue weighted by Gasteiger charge is 2.31. The van der Waals surface area contributed by atoms with E-state index in [0.29, 0.717) is 48.8 Å². The first-order valence-electron chi connectivity index (χ1n) is 12.8. The Morgan fingerprint density at radius 3 is 2.59 bits per heavy atom. The number of anilines is 1. The van der Waals surface area contributed by atoms with Crippen LogP contribution in [0.5, 0.6) is 0 Å². The SMILES string of the molecule is Nc1c(C=O)c(C2CCN(C(=O)C(CO)CO)CC2)nc2c(C3=CCC(C4C=CC=CC4)N=C3)cnn12. The number of amides is 1. The molecule has 2 aromatic heterocycles. The number of aromatic nitrogens is 3. The third-order valence-corrected chi connectivity index (χ3v) is 7.65. The number of hydrogen-bond acceptors (Lipinski definition) is 8. The van der Waals surface area contributed by atoms with Crippen molar-refractivity contribution in [1.82, 2.24) is 19.5 Å². The Hall–Kier alpha value is -3.63. The molecule has 2 aliphatic heterocycles. The van der Waals surface area contributed by atoms with Crippen LogP contribution in [-0.2, 0) is 4.79 Å². The number of likely N-dealkylation sites (tertiary alicyclic amines) is 1. The summed E-state index contributed by atoms with van der Waals surface area (Å²) in [5, 5.41) is 23.1. The van der Waals surface area contributed by atoms with Crippen molar-refractivity contribution < 1.29 is 19.8 Å². The van der Waals surface area contributed by atoms with Crippen molar-refractivity contribution in [2.75, 3.05) is 32.0 Å². The first-order valence-corrected chi connectivity index (χ1v) is 12.8. The van der Waals surface area contributed by atoms with Gasteiger partial charge in [-0.05, 0) is 25.7 Å². The van der Waals surface area contributed by atoms with Crippen molar-refractivity contribution >= 4 is 35.4 Å². The minimum absolute atomic E-state index is 0.0643. The summed E-state index contributed by atoms with van der Waals surface area (Å²) in [7, 11) is 0. The summed E-state index contributed by atoms with van der Waals surface area (Å²) >= 11 is 0. The van der Waals surface area contributed by atoms with E-state index in [1.54, 1.807) is 11.1 Å². The first-order chi connectivity index (χ1) is 18.0. The molecule has 10 heteroatoms. The van der Waals surface area contributed by atoms with Gasteiger partial charge in [0.2, 0.25) is 5.91 Å². The predicted molar refractivity (Wildman–Crippen MR) is 140 cm³/mol. The maximum atomic E-state index is 12.5. The number of piperidine rings is 1. The van der Waals surface area contributed by atoms with E-state index in [9.17, 15) is 19.8 Å². The van der Waals surface area contributed by atoms with Crippen LogP contribution in [0.15, 0.2) is 41.6 Å². The van der Waals surface area contributed by atoms with Crippen molar-refractivity contribution in [1.29, 1.82) is 0 Å². The molecule has 4 N–H and O–H groups in total. The van der Waals surface area contributed by atoms with E-state index in [0.717, 1.165) is 30.3 Å². The fourth-order valence-corrected chi connectivity index (χ4v) is 5.41. The highest BCUT2D eigenvalue weighted by Crippen LogP contribution is 2.34. The van der Waals surface area contributed by atoms with Gasteiger partial charge in [0.25, 0.3) is 0 Å². The van der Waals surface area contributed by atoms with E-state index in [-0.39, 0.29) is 23.7 Å². The van der Waals surface area contributed by atoms with E-state index in [4.69, 9.17) is 15.7 Å². The zero-order chi connectivity index (χ0) is 25.9. The third-order valence-electron chi connectivity index (χ3n) is 7.65. The summed E-state index contributed by atoms with van der Waals surface area (Å²) < 4.78 is 1.50. The van der Waals surface area contributed by atoms with Gasteiger partial charge in [-0.15, -0.1) is 0 Å². The molecule has 0 saturated carbocycles. The number of carbonyl (C=O) groups excluding carboxylic acids is 2. The second-order valence-corrected chi connectivity index (χ2v) is 9.82. The minimum Gasteiger partial charge on any atom is -0.395 e. The van der Waals surface area contributed by atoms with E-state index in [1.807, 2.05) is 6.21 Å². The second kappa shape index (κ2) is 10.8. The van der Waals surface area contributed by atoms with Gasteiger partial charge in [0, 0.05) is 42.3 Å². The number of nitrogens with two attached hydrogens (primary N) is 1. The lowest BCUT2D eigenvalue weighted by Crippen LogP contribution is -2.43. The van der Waals surface area contributed by atoms with Crippen LogP contribution in [0.25, 0.3) is 11.2 Å². The van der Waals surface area contributed by atoms with Gasteiger partial charge in [0.05, 0.1) is 42.6 Å². The lowest BCUT2D eigenvalue weighted by atomic mass is 9.88. The van der Waals surface area contributed by atoms with Crippen molar-refractivity contribution in [3.63, 3.8) is 0 Å². The van der Waals surface area contributed by atoms with Gasteiger partial charge in [0.15, 0.2) is 11.9 Å². The standard InChI is InChI=1S/C27H32N6O4/c28-25-22(16-36)24(18-8-10-32(11-9-18)27(37)20(14-34)15-35)31-26-21(13-30-33(25)26)19-6-7-23(29-12-19)17-4-2-1-3-5-17/h1-4,6,12-13,16-18,20,23,34-35H,5,7-11,14-15,28H2. The maximum Gasteiger partial charge on any atom is 0.230 e. The summed E-state index contributed by atoms with van der Waals surface area (Å²) in [6.45, 7) is 0.109. The lowest BCUT2D eigenvalue weighted by Gasteiger charge is -2.34. The van der Waals surface area contributed by atoms with Gasteiger partial charge >= 0.3 is 0 Å². The monoisotopic (exact) mass is 504 g/mol. The topological polar surface area (TPSA) is 146 Å². The average molecular weight is 505 g/mol. The van der Waals surface area contributed by atoms with Gasteiger partial charge in [0.1, 0.15) is 5.82 Å². The molecule has 4 heterocycles. The minimum atomic E-state index is -0.808. The Morgan fingerprint density at radius 1 is 1.19 bits per heavy atom. The summed E-state index contributed by atoms with van der Waals surface area (Å²) in [5.74, 6) is -0.503. The number of aldehydes is 1. The van der Waals surface area contributed by atoms with Crippen LogP contribution >= 0.6 is 0 Å². The van der Waals surface area contributed by atoms with Crippen LogP contribution in [0.3, 0.4) is 0 Å². The molecule has 2 atom stereocenters. The van der Waals surface area contributed by atoms with Crippen LogP contribution in [-0.4, -0.2) is 80.5 Å². The van der Waals surface area contributed by atoms with Crippen LogP contribution in [0.4, 0.5) is 5.82 Å². The Bertz CT molecular complexity index is 1300. The second-order valence-electron chi connectivity index (χ2n) is 9.82. The van der Waals surface area contributed by atoms with E-state index in [1.165, 1.54) is 4.52 Å². The number of carbonyl (C=O) groups is 2.